The number of hydrogen-bond donors (Lipinski definition) is 2. The zero-order valence-electron chi connectivity index (χ0n) is 11.3. The highest BCUT2D eigenvalue weighted by atomic mass is 16.5. The Bertz CT molecular complexity index is 387. The van der Waals surface area contributed by atoms with Crippen LogP contribution in [0, 0.1) is 5.41 Å². The smallest absolute Gasteiger partial charge is 0.241 e. The van der Waals surface area contributed by atoms with E-state index in [4.69, 9.17) is 10.5 Å². The van der Waals surface area contributed by atoms with Crippen molar-refractivity contribution in [3.63, 3.8) is 0 Å². The SMILES string of the molecule is COCCC(C)(C)CNC(=O)Cn1ccc(N)n1. The molecule has 1 heterocycles. The van der Waals surface area contributed by atoms with Gasteiger partial charge in [-0.15, -0.1) is 0 Å². The van der Waals surface area contributed by atoms with Crippen LogP contribution >= 0.6 is 0 Å². The fourth-order valence-corrected chi connectivity index (χ4v) is 1.47. The Morgan fingerprint density at radius 3 is 2.89 bits per heavy atom. The number of carbonyl (C=O) groups excluding carboxylic acids is 1. The summed E-state index contributed by atoms with van der Waals surface area (Å²) in [6.45, 7) is 5.69. The second kappa shape index (κ2) is 6.39. The van der Waals surface area contributed by atoms with E-state index in [1.54, 1.807) is 19.4 Å². The summed E-state index contributed by atoms with van der Waals surface area (Å²) in [6.07, 6.45) is 2.59. The number of anilines is 1. The summed E-state index contributed by atoms with van der Waals surface area (Å²) < 4.78 is 6.56. The van der Waals surface area contributed by atoms with Gasteiger partial charge in [0.15, 0.2) is 0 Å². The number of rotatable bonds is 7. The molecule has 0 aliphatic rings. The molecule has 0 saturated heterocycles. The van der Waals surface area contributed by atoms with Gasteiger partial charge in [0.25, 0.3) is 0 Å². The molecule has 0 aliphatic carbocycles. The Morgan fingerprint density at radius 1 is 1.61 bits per heavy atom. The molecule has 1 aromatic rings. The number of nitrogens with one attached hydrogen (secondary N) is 1. The van der Waals surface area contributed by atoms with Gasteiger partial charge >= 0.3 is 0 Å². The fraction of sp³-hybridized carbons (Fsp3) is 0.667. The quantitative estimate of drug-likeness (QED) is 0.748. The lowest BCUT2D eigenvalue weighted by atomic mass is 9.90. The van der Waals surface area contributed by atoms with Gasteiger partial charge in [0.05, 0.1) is 0 Å². The molecule has 0 spiro atoms. The van der Waals surface area contributed by atoms with E-state index >= 15 is 0 Å². The van der Waals surface area contributed by atoms with Crippen LogP contribution in [0.5, 0.6) is 0 Å². The van der Waals surface area contributed by atoms with E-state index in [0.717, 1.165) is 6.42 Å². The first kappa shape index (κ1) is 14.5. The Kier molecular flexibility index (Phi) is 5.15. The highest BCUT2D eigenvalue weighted by Gasteiger charge is 2.18. The predicted octanol–water partition coefficient (Wildman–Crippen LogP) is 0.644. The number of amides is 1. The number of aromatic nitrogens is 2. The molecular formula is C12H22N4O2. The Balaban J connectivity index is 2.32. The maximum Gasteiger partial charge on any atom is 0.241 e. The molecule has 102 valence electrons. The summed E-state index contributed by atoms with van der Waals surface area (Å²) >= 11 is 0. The van der Waals surface area contributed by atoms with Gasteiger partial charge in [-0.3, -0.25) is 9.48 Å². The number of nitrogen functional groups attached to an aromatic ring is 1. The summed E-state index contributed by atoms with van der Waals surface area (Å²) in [5.74, 6) is 0.354. The van der Waals surface area contributed by atoms with Gasteiger partial charge in [-0.05, 0) is 17.9 Å². The van der Waals surface area contributed by atoms with Crippen molar-refractivity contribution in [2.75, 3.05) is 26.0 Å². The van der Waals surface area contributed by atoms with Crippen LogP contribution in [0.25, 0.3) is 0 Å². The van der Waals surface area contributed by atoms with Crippen LogP contribution in [0.3, 0.4) is 0 Å². The Morgan fingerprint density at radius 2 is 2.33 bits per heavy atom. The molecule has 1 aromatic heterocycles. The molecule has 0 atom stereocenters. The van der Waals surface area contributed by atoms with Gasteiger partial charge in [-0.2, -0.15) is 5.10 Å². The lowest BCUT2D eigenvalue weighted by molar-refractivity contribution is -0.122. The number of nitrogens with zero attached hydrogens (tertiary/aromatic N) is 2. The standard InChI is InChI=1S/C12H22N4O2/c1-12(2,5-7-18-3)9-14-11(17)8-16-6-4-10(13)15-16/h4,6H,5,7-9H2,1-3H3,(H2,13,15)(H,14,17). The Labute approximate surface area is 107 Å². The first-order valence-electron chi connectivity index (χ1n) is 5.97. The van der Waals surface area contributed by atoms with E-state index < -0.39 is 0 Å². The molecule has 6 nitrogen and oxygen atoms in total. The molecular weight excluding hydrogens is 232 g/mol. The fourth-order valence-electron chi connectivity index (χ4n) is 1.47. The zero-order chi connectivity index (χ0) is 13.6. The number of methoxy groups -OCH3 is 1. The van der Waals surface area contributed by atoms with Crippen LogP contribution < -0.4 is 11.1 Å². The number of carbonyl (C=O) groups is 1. The lowest BCUT2D eigenvalue weighted by Gasteiger charge is -2.24. The lowest BCUT2D eigenvalue weighted by Crippen LogP contribution is -2.36. The van der Waals surface area contributed by atoms with E-state index in [2.05, 4.69) is 24.3 Å². The number of ether oxygens (including phenoxy) is 1. The van der Waals surface area contributed by atoms with Crippen molar-refractivity contribution < 1.29 is 9.53 Å². The van der Waals surface area contributed by atoms with Gasteiger partial charge < -0.3 is 15.8 Å². The van der Waals surface area contributed by atoms with Crippen molar-refractivity contribution >= 4 is 11.7 Å². The van der Waals surface area contributed by atoms with Crippen LogP contribution in [0.1, 0.15) is 20.3 Å². The number of nitrogens with two attached hydrogens (primary N) is 1. The maximum atomic E-state index is 11.7. The minimum Gasteiger partial charge on any atom is -0.385 e. The van der Waals surface area contributed by atoms with Crippen molar-refractivity contribution in [3.8, 4) is 0 Å². The minimum atomic E-state index is -0.0661. The predicted molar refractivity (Wildman–Crippen MR) is 69.9 cm³/mol. The summed E-state index contributed by atoms with van der Waals surface area (Å²) in [7, 11) is 1.68. The minimum absolute atomic E-state index is 0.0226. The third-order valence-corrected chi connectivity index (χ3v) is 2.71. The number of hydrogen-bond acceptors (Lipinski definition) is 4. The molecule has 0 radical (unpaired) electrons. The normalized spacial score (nSPS) is 11.5. The van der Waals surface area contributed by atoms with Gasteiger partial charge in [-0.25, -0.2) is 0 Å². The largest absolute Gasteiger partial charge is 0.385 e. The van der Waals surface area contributed by atoms with Crippen LogP contribution in [0.4, 0.5) is 5.82 Å². The molecule has 1 rings (SSSR count). The van der Waals surface area contributed by atoms with Gasteiger partial charge in [0, 0.05) is 26.5 Å². The third-order valence-electron chi connectivity index (χ3n) is 2.71. The first-order chi connectivity index (χ1) is 8.43. The molecule has 0 bridgehead atoms. The summed E-state index contributed by atoms with van der Waals surface area (Å²) in [6, 6.07) is 1.66. The van der Waals surface area contributed by atoms with E-state index in [-0.39, 0.29) is 17.9 Å². The second-order valence-corrected chi connectivity index (χ2v) is 5.12. The van der Waals surface area contributed by atoms with Crippen molar-refractivity contribution in [1.29, 1.82) is 0 Å². The maximum absolute atomic E-state index is 11.7. The monoisotopic (exact) mass is 254 g/mol. The van der Waals surface area contributed by atoms with Crippen LogP contribution in [0.2, 0.25) is 0 Å². The van der Waals surface area contributed by atoms with Gasteiger partial charge in [-0.1, -0.05) is 13.8 Å². The third kappa shape index (κ3) is 5.18. The molecule has 0 aromatic carbocycles. The van der Waals surface area contributed by atoms with Gasteiger partial charge in [0.2, 0.25) is 5.91 Å². The van der Waals surface area contributed by atoms with Crippen molar-refractivity contribution in [2.45, 2.75) is 26.8 Å². The second-order valence-electron chi connectivity index (χ2n) is 5.12. The topological polar surface area (TPSA) is 82.2 Å². The summed E-state index contributed by atoms with van der Waals surface area (Å²) in [5.41, 5.74) is 5.50. The average molecular weight is 254 g/mol. The molecule has 0 saturated carbocycles. The highest BCUT2D eigenvalue weighted by Crippen LogP contribution is 2.18. The summed E-state index contributed by atoms with van der Waals surface area (Å²) in [5, 5.41) is 6.85. The molecule has 1 amide bonds. The first-order valence-corrected chi connectivity index (χ1v) is 5.97. The van der Waals surface area contributed by atoms with Crippen LogP contribution in [-0.4, -0.2) is 35.9 Å². The van der Waals surface area contributed by atoms with Crippen molar-refractivity contribution in [1.82, 2.24) is 15.1 Å². The van der Waals surface area contributed by atoms with Crippen molar-refractivity contribution in [2.24, 2.45) is 5.41 Å². The Hall–Kier alpha value is -1.56. The molecule has 6 heteroatoms. The van der Waals surface area contributed by atoms with E-state index in [1.165, 1.54) is 4.68 Å². The molecule has 3 N–H and O–H groups in total. The van der Waals surface area contributed by atoms with Crippen LogP contribution in [-0.2, 0) is 16.1 Å². The van der Waals surface area contributed by atoms with E-state index in [0.29, 0.717) is 19.0 Å². The molecule has 0 unspecified atom stereocenters. The van der Waals surface area contributed by atoms with E-state index in [1.807, 2.05) is 0 Å². The summed E-state index contributed by atoms with van der Waals surface area (Å²) in [4.78, 5) is 11.7. The molecule has 0 aliphatic heterocycles. The molecule has 18 heavy (non-hydrogen) atoms. The molecule has 0 fully saturated rings. The highest BCUT2D eigenvalue weighted by molar-refractivity contribution is 5.75. The van der Waals surface area contributed by atoms with Crippen LogP contribution in [0.15, 0.2) is 12.3 Å². The van der Waals surface area contributed by atoms with E-state index in [9.17, 15) is 4.79 Å². The van der Waals surface area contributed by atoms with Crippen molar-refractivity contribution in [3.05, 3.63) is 12.3 Å². The average Bonchev–Trinajstić information content (AvgIpc) is 2.70. The zero-order valence-corrected chi connectivity index (χ0v) is 11.3. The van der Waals surface area contributed by atoms with Gasteiger partial charge in [0.1, 0.15) is 12.4 Å².